The van der Waals surface area contributed by atoms with Gasteiger partial charge >= 0.3 is 0 Å². The summed E-state index contributed by atoms with van der Waals surface area (Å²) in [5.41, 5.74) is -0.785. The van der Waals surface area contributed by atoms with Crippen molar-refractivity contribution in [2.24, 2.45) is 0 Å². The van der Waals surface area contributed by atoms with E-state index in [0.717, 1.165) is 0 Å². The molecule has 0 aromatic carbocycles. The Hall–Kier alpha value is -0.0900. The van der Waals surface area contributed by atoms with Crippen molar-refractivity contribution in [3.8, 4) is 0 Å². The minimum Gasteiger partial charge on any atom is -0.389 e. The highest BCUT2D eigenvalue weighted by Crippen LogP contribution is 2.19. The van der Waals surface area contributed by atoms with Crippen LogP contribution in [0, 0.1) is 0 Å². The van der Waals surface area contributed by atoms with Crippen LogP contribution >= 0.6 is 15.9 Å². The molecule has 1 saturated heterocycles. The molecule has 1 aliphatic heterocycles. The molecule has 0 radical (unpaired) electrons. The molecule has 1 fully saturated rings. The molecule has 12 heavy (non-hydrogen) atoms. The summed E-state index contributed by atoms with van der Waals surface area (Å²) in [4.78, 5) is 13.2. The summed E-state index contributed by atoms with van der Waals surface area (Å²) in [7, 11) is 0. The Balaban J connectivity index is 2.49. The van der Waals surface area contributed by atoms with Gasteiger partial charge in [-0.3, -0.25) is 4.79 Å². The van der Waals surface area contributed by atoms with Gasteiger partial charge in [0, 0.05) is 24.3 Å². The van der Waals surface area contributed by atoms with Crippen molar-refractivity contribution in [1.82, 2.24) is 4.90 Å². The predicted molar refractivity (Wildman–Crippen MR) is 50.2 cm³/mol. The van der Waals surface area contributed by atoms with Gasteiger partial charge in [-0.2, -0.15) is 0 Å². The second kappa shape index (κ2) is 3.34. The molecule has 0 spiro atoms. The topological polar surface area (TPSA) is 40.5 Å². The zero-order chi connectivity index (χ0) is 9.35. The molecule has 1 amide bonds. The van der Waals surface area contributed by atoms with E-state index in [0.29, 0.717) is 19.5 Å². The van der Waals surface area contributed by atoms with Crippen molar-refractivity contribution in [1.29, 1.82) is 0 Å². The molecule has 0 aliphatic carbocycles. The number of alkyl halides is 1. The van der Waals surface area contributed by atoms with Crippen LogP contribution in [0.15, 0.2) is 0 Å². The van der Waals surface area contributed by atoms with E-state index in [4.69, 9.17) is 0 Å². The first-order valence-corrected chi connectivity index (χ1v) is 4.94. The van der Waals surface area contributed by atoms with Crippen molar-refractivity contribution >= 4 is 21.8 Å². The van der Waals surface area contributed by atoms with Gasteiger partial charge in [-0.1, -0.05) is 15.9 Å². The number of amides is 1. The van der Waals surface area contributed by atoms with Crippen molar-refractivity contribution in [2.75, 3.05) is 13.1 Å². The number of rotatable bonds is 2. The fourth-order valence-electron chi connectivity index (χ4n) is 1.34. The first-order valence-electron chi connectivity index (χ1n) is 4.03. The molecule has 4 heteroatoms. The molecule has 1 N–H and O–H groups in total. The SMILES string of the molecule is CC(C)(O)CN1CC(Br)CC1=O. The van der Waals surface area contributed by atoms with Crippen LogP contribution in [-0.4, -0.2) is 39.4 Å². The number of aliphatic hydroxyl groups is 1. The minimum absolute atomic E-state index is 0.124. The molecular weight excluding hydrogens is 222 g/mol. The normalized spacial score (nSPS) is 25.2. The molecule has 3 nitrogen and oxygen atoms in total. The van der Waals surface area contributed by atoms with Crippen LogP contribution in [0.3, 0.4) is 0 Å². The summed E-state index contributed by atoms with van der Waals surface area (Å²) in [5, 5.41) is 9.47. The van der Waals surface area contributed by atoms with Crippen LogP contribution in [0.2, 0.25) is 0 Å². The number of β-amino-alcohol motifs (C(OH)–C–C–N with tert-alkyl or cyclic N) is 1. The van der Waals surface area contributed by atoms with Gasteiger partial charge in [-0.15, -0.1) is 0 Å². The lowest BCUT2D eigenvalue weighted by atomic mass is 10.1. The number of carbonyl (C=O) groups is 1. The third-order valence-corrected chi connectivity index (χ3v) is 2.36. The summed E-state index contributed by atoms with van der Waals surface area (Å²) < 4.78 is 0. The largest absolute Gasteiger partial charge is 0.389 e. The zero-order valence-electron chi connectivity index (χ0n) is 7.38. The number of carbonyl (C=O) groups excluding carboxylic acids is 1. The highest BCUT2D eigenvalue weighted by molar-refractivity contribution is 9.09. The number of likely N-dealkylation sites (tertiary alicyclic amines) is 1. The van der Waals surface area contributed by atoms with E-state index >= 15 is 0 Å². The minimum atomic E-state index is -0.785. The molecule has 1 heterocycles. The Bertz CT molecular complexity index is 188. The Morgan fingerprint density at radius 3 is 2.67 bits per heavy atom. The molecule has 1 atom stereocenters. The first-order chi connectivity index (χ1) is 5.38. The summed E-state index contributed by atoms with van der Waals surface area (Å²) in [6, 6.07) is 0. The molecule has 1 unspecified atom stereocenters. The van der Waals surface area contributed by atoms with Gasteiger partial charge in [0.2, 0.25) is 5.91 Å². The molecule has 1 aliphatic rings. The monoisotopic (exact) mass is 235 g/mol. The third-order valence-electron chi connectivity index (χ3n) is 1.75. The van der Waals surface area contributed by atoms with Gasteiger partial charge in [0.1, 0.15) is 0 Å². The predicted octanol–water partition coefficient (Wildman–Crippen LogP) is 0.753. The third kappa shape index (κ3) is 2.75. The van der Waals surface area contributed by atoms with Crippen molar-refractivity contribution in [3.63, 3.8) is 0 Å². The van der Waals surface area contributed by atoms with Crippen LogP contribution in [0.25, 0.3) is 0 Å². The van der Waals surface area contributed by atoms with Gasteiger partial charge in [0.25, 0.3) is 0 Å². The van der Waals surface area contributed by atoms with E-state index in [1.807, 2.05) is 0 Å². The van der Waals surface area contributed by atoms with Crippen LogP contribution in [0.5, 0.6) is 0 Å². The van der Waals surface area contributed by atoms with E-state index in [1.54, 1.807) is 18.7 Å². The summed E-state index contributed by atoms with van der Waals surface area (Å²) in [6.45, 7) is 4.56. The quantitative estimate of drug-likeness (QED) is 0.719. The number of nitrogens with zero attached hydrogens (tertiary/aromatic N) is 1. The first kappa shape index (κ1) is 9.99. The van der Waals surface area contributed by atoms with E-state index < -0.39 is 5.60 Å². The Labute approximate surface area is 80.9 Å². The molecule has 0 saturated carbocycles. The van der Waals surface area contributed by atoms with Gasteiger partial charge in [-0.05, 0) is 13.8 Å². The van der Waals surface area contributed by atoms with Gasteiger partial charge in [0.05, 0.1) is 5.60 Å². The maximum atomic E-state index is 11.2. The van der Waals surface area contributed by atoms with E-state index in [9.17, 15) is 9.90 Å². The molecule has 0 bridgehead atoms. The number of hydrogen-bond donors (Lipinski definition) is 1. The Kier molecular flexibility index (Phi) is 2.78. The standard InChI is InChI=1S/C8H14BrNO2/c1-8(2,12)5-10-4-6(9)3-7(10)11/h6,12H,3-5H2,1-2H3. The molecule has 1 rings (SSSR count). The lowest BCUT2D eigenvalue weighted by Crippen LogP contribution is -2.39. The number of halogens is 1. The summed E-state index contributed by atoms with van der Waals surface area (Å²) in [5.74, 6) is 0.124. The van der Waals surface area contributed by atoms with E-state index in [1.165, 1.54) is 0 Å². The van der Waals surface area contributed by atoms with E-state index in [2.05, 4.69) is 15.9 Å². The summed E-state index contributed by atoms with van der Waals surface area (Å²) in [6.07, 6.45) is 0.552. The molecule has 0 aromatic heterocycles. The Morgan fingerprint density at radius 1 is 1.75 bits per heavy atom. The van der Waals surface area contributed by atoms with Crippen LogP contribution < -0.4 is 0 Å². The molecule has 0 aromatic rings. The van der Waals surface area contributed by atoms with Crippen molar-refractivity contribution in [2.45, 2.75) is 30.7 Å². The maximum absolute atomic E-state index is 11.2. The van der Waals surface area contributed by atoms with Crippen LogP contribution in [0.4, 0.5) is 0 Å². The van der Waals surface area contributed by atoms with Gasteiger partial charge < -0.3 is 10.0 Å². The lowest BCUT2D eigenvalue weighted by molar-refractivity contribution is -0.130. The smallest absolute Gasteiger partial charge is 0.223 e. The highest BCUT2D eigenvalue weighted by Gasteiger charge is 2.30. The Morgan fingerprint density at radius 2 is 2.33 bits per heavy atom. The molecular formula is C8H14BrNO2. The van der Waals surface area contributed by atoms with Gasteiger partial charge in [0.15, 0.2) is 0 Å². The van der Waals surface area contributed by atoms with Crippen LogP contribution in [0.1, 0.15) is 20.3 Å². The van der Waals surface area contributed by atoms with Gasteiger partial charge in [-0.25, -0.2) is 0 Å². The lowest BCUT2D eigenvalue weighted by Gasteiger charge is -2.24. The highest BCUT2D eigenvalue weighted by atomic mass is 79.9. The van der Waals surface area contributed by atoms with Crippen molar-refractivity contribution < 1.29 is 9.90 Å². The fourth-order valence-corrected chi connectivity index (χ4v) is 1.97. The second-order valence-corrected chi connectivity index (χ2v) is 5.18. The number of hydrogen-bond acceptors (Lipinski definition) is 2. The van der Waals surface area contributed by atoms with E-state index in [-0.39, 0.29) is 10.7 Å². The average molecular weight is 236 g/mol. The molecule has 70 valence electrons. The second-order valence-electron chi connectivity index (χ2n) is 3.89. The summed E-state index contributed by atoms with van der Waals surface area (Å²) >= 11 is 3.38. The van der Waals surface area contributed by atoms with Crippen molar-refractivity contribution in [3.05, 3.63) is 0 Å². The van der Waals surface area contributed by atoms with Crippen LogP contribution in [-0.2, 0) is 4.79 Å². The maximum Gasteiger partial charge on any atom is 0.223 e. The fraction of sp³-hybridized carbons (Fsp3) is 0.875. The zero-order valence-corrected chi connectivity index (χ0v) is 8.97. The average Bonchev–Trinajstić information content (AvgIpc) is 2.06.